The summed E-state index contributed by atoms with van der Waals surface area (Å²) >= 11 is 0. The van der Waals surface area contributed by atoms with Crippen LogP contribution in [0.4, 0.5) is 0 Å². The molecule has 0 spiro atoms. The second-order valence-corrected chi connectivity index (χ2v) is 8.62. The predicted octanol–water partition coefficient (Wildman–Crippen LogP) is 6.23. The molecule has 0 radical (unpaired) electrons. The van der Waals surface area contributed by atoms with Gasteiger partial charge in [-0.3, -0.25) is 4.99 Å². The first kappa shape index (κ1) is 27.2. The van der Waals surface area contributed by atoms with Crippen LogP contribution in [0.1, 0.15) is 122 Å². The summed E-state index contributed by atoms with van der Waals surface area (Å²) in [5.41, 5.74) is 10.7. The van der Waals surface area contributed by atoms with Gasteiger partial charge in [-0.15, -0.1) is 0 Å². The highest BCUT2D eigenvalue weighted by Crippen LogP contribution is 2.14. The molecule has 4 heteroatoms. The lowest BCUT2D eigenvalue weighted by molar-refractivity contribution is 0.321. The zero-order valence-electron chi connectivity index (χ0n) is 19.4. The zero-order chi connectivity index (χ0) is 20.7. The summed E-state index contributed by atoms with van der Waals surface area (Å²) in [6.07, 6.45) is 25.4. The average Bonchev–Trinajstić information content (AvgIpc) is 2.67. The van der Waals surface area contributed by atoms with Crippen molar-refractivity contribution in [3.05, 3.63) is 0 Å². The molecule has 4 N–H and O–H groups in total. The standard InChI is InChI=1S/C24H52N4/c1-3-4-5-6-7-8-9-10-11-12-13-14-15-16-17-18-19-22-28(2)23-20-21-27-24(25)26/h3-23H2,1-2H3,(H4,25,26,27). The maximum atomic E-state index is 5.33. The fourth-order valence-electron chi connectivity index (χ4n) is 3.77. The van der Waals surface area contributed by atoms with Crippen LogP contribution in [0.25, 0.3) is 0 Å². The highest BCUT2D eigenvalue weighted by molar-refractivity contribution is 5.75. The first-order valence-corrected chi connectivity index (χ1v) is 12.4. The van der Waals surface area contributed by atoms with Gasteiger partial charge in [-0.25, -0.2) is 0 Å². The molecular formula is C24H52N4. The summed E-state index contributed by atoms with van der Waals surface area (Å²) < 4.78 is 0. The number of guanidine groups is 1. The number of aliphatic imine (C=N–C) groups is 1. The summed E-state index contributed by atoms with van der Waals surface area (Å²) in [5.74, 6) is 0.204. The van der Waals surface area contributed by atoms with Gasteiger partial charge in [0, 0.05) is 6.54 Å². The van der Waals surface area contributed by atoms with E-state index in [1.165, 1.54) is 116 Å². The van der Waals surface area contributed by atoms with Gasteiger partial charge in [0.05, 0.1) is 0 Å². The highest BCUT2D eigenvalue weighted by atomic mass is 15.1. The largest absolute Gasteiger partial charge is 0.370 e. The van der Waals surface area contributed by atoms with E-state index in [1.54, 1.807) is 0 Å². The summed E-state index contributed by atoms with van der Waals surface area (Å²) in [7, 11) is 2.20. The van der Waals surface area contributed by atoms with Crippen molar-refractivity contribution in [1.82, 2.24) is 4.90 Å². The molecule has 0 bridgehead atoms. The Kier molecular flexibility index (Phi) is 21.9. The molecule has 0 aromatic heterocycles. The molecule has 28 heavy (non-hydrogen) atoms. The van der Waals surface area contributed by atoms with Crippen LogP contribution in [0.3, 0.4) is 0 Å². The Labute approximate surface area is 176 Å². The second-order valence-electron chi connectivity index (χ2n) is 8.62. The van der Waals surface area contributed by atoms with Crippen LogP contribution in [0.2, 0.25) is 0 Å². The maximum absolute atomic E-state index is 5.33. The maximum Gasteiger partial charge on any atom is 0.185 e. The van der Waals surface area contributed by atoms with Crippen molar-refractivity contribution >= 4 is 5.96 Å². The van der Waals surface area contributed by atoms with Gasteiger partial charge < -0.3 is 16.4 Å². The van der Waals surface area contributed by atoms with Crippen LogP contribution in [0.15, 0.2) is 4.99 Å². The Bertz CT molecular complexity index is 327. The number of unbranched alkanes of at least 4 members (excludes halogenated alkanes) is 16. The summed E-state index contributed by atoms with van der Waals surface area (Å²) in [4.78, 5) is 6.42. The van der Waals surface area contributed by atoms with Gasteiger partial charge in [0.25, 0.3) is 0 Å². The van der Waals surface area contributed by atoms with Crippen molar-refractivity contribution in [2.75, 3.05) is 26.7 Å². The van der Waals surface area contributed by atoms with Crippen LogP contribution in [0, 0.1) is 0 Å². The normalized spacial score (nSPS) is 11.2. The smallest absolute Gasteiger partial charge is 0.185 e. The van der Waals surface area contributed by atoms with Gasteiger partial charge in [0.2, 0.25) is 0 Å². The molecule has 0 heterocycles. The van der Waals surface area contributed by atoms with Crippen molar-refractivity contribution in [3.8, 4) is 0 Å². The number of nitrogens with zero attached hydrogens (tertiary/aromatic N) is 2. The fraction of sp³-hybridized carbons (Fsp3) is 0.958. The van der Waals surface area contributed by atoms with Crippen LogP contribution >= 0.6 is 0 Å². The number of nitrogens with two attached hydrogens (primary N) is 2. The average molecular weight is 397 g/mol. The number of rotatable bonds is 22. The number of hydrogen-bond donors (Lipinski definition) is 2. The van der Waals surface area contributed by atoms with Crippen molar-refractivity contribution in [1.29, 1.82) is 0 Å². The topological polar surface area (TPSA) is 67.6 Å². The zero-order valence-corrected chi connectivity index (χ0v) is 19.4. The monoisotopic (exact) mass is 396 g/mol. The van der Waals surface area contributed by atoms with Gasteiger partial charge in [0.1, 0.15) is 0 Å². The van der Waals surface area contributed by atoms with E-state index in [2.05, 4.69) is 23.9 Å². The van der Waals surface area contributed by atoms with Crippen LogP contribution in [-0.4, -0.2) is 37.5 Å². The van der Waals surface area contributed by atoms with Crippen LogP contribution in [-0.2, 0) is 0 Å². The molecule has 4 nitrogen and oxygen atoms in total. The van der Waals surface area contributed by atoms with E-state index in [1.807, 2.05) is 0 Å². The van der Waals surface area contributed by atoms with Gasteiger partial charge >= 0.3 is 0 Å². The van der Waals surface area contributed by atoms with E-state index >= 15 is 0 Å². The molecule has 0 amide bonds. The SMILES string of the molecule is CCCCCCCCCCCCCCCCCCCN(C)CCCN=C(N)N. The van der Waals surface area contributed by atoms with Crippen LogP contribution in [0.5, 0.6) is 0 Å². The van der Waals surface area contributed by atoms with Crippen molar-refractivity contribution in [3.63, 3.8) is 0 Å². The highest BCUT2D eigenvalue weighted by Gasteiger charge is 1.98. The van der Waals surface area contributed by atoms with Gasteiger partial charge in [-0.2, -0.15) is 0 Å². The molecule has 0 fully saturated rings. The summed E-state index contributed by atoms with van der Waals surface area (Å²) in [6, 6.07) is 0. The first-order valence-electron chi connectivity index (χ1n) is 12.4. The lowest BCUT2D eigenvalue weighted by atomic mass is 10.0. The lowest BCUT2D eigenvalue weighted by Crippen LogP contribution is -2.24. The molecule has 0 saturated heterocycles. The Morgan fingerprint density at radius 1 is 0.571 bits per heavy atom. The second kappa shape index (κ2) is 22.5. The van der Waals surface area contributed by atoms with E-state index < -0.39 is 0 Å². The summed E-state index contributed by atoms with van der Waals surface area (Å²) in [5, 5.41) is 0. The third-order valence-corrected chi connectivity index (χ3v) is 5.64. The molecule has 0 saturated carbocycles. The quantitative estimate of drug-likeness (QED) is 0.129. The third-order valence-electron chi connectivity index (χ3n) is 5.64. The van der Waals surface area contributed by atoms with E-state index in [9.17, 15) is 0 Å². The molecule has 0 aliphatic heterocycles. The van der Waals surface area contributed by atoms with Crippen LogP contribution < -0.4 is 11.5 Å². The molecule has 0 aromatic carbocycles. The molecule has 0 aliphatic rings. The Morgan fingerprint density at radius 2 is 0.929 bits per heavy atom. The predicted molar refractivity (Wildman–Crippen MR) is 127 cm³/mol. The van der Waals surface area contributed by atoms with E-state index in [0.29, 0.717) is 0 Å². The molecule has 0 aromatic rings. The Balaban J connectivity index is 3.12. The molecule has 0 atom stereocenters. The molecule has 168 valence electrons. The van der Waals surface area contributed by atoms with E-state index in [-0.39, 0.29) is 5.96 Å². The van der Waals surface area contributed by atoms with Crippen molar-refractivity contribution in [2.45, 2.75) is 122 Å². The molecule has 0 rings (SSSR count). The van der Waals surface area contributed by atoms with E-state index in [0.717, 1.165) is 19.5 Å². The lowest BCUT2D eigenvalue weighted by Gasteiger charge is -2.15. The Hall–Kier alpha value is -0.770. The number of hydrogen-bond acceptors (Lipinski definition) is 2. The van der Waals surface area contributed by atoms with Gasteiger partial charge in [-0.05, 0) is 33.0 Å². The van der Waals surface area contributed by atoms with E-state index in [4.69, 9.17) is 11.5 Å². The fourth-order valence-corrected chi connectivity index (χ4v) is 3.77. The molecular weight excluding hydrogens is 344 g/mol. The van der Waals surface area contributed by atoms with Gasteiger partial charge in [-0.1, -0.05) is 110 Å². The van der Waals surface area contributed by atoms with Crippen molar-refractivity contribution in [2.24, 2.45) is 16.5 Å². The van der Waals surface area contributed by atoms with Crippen molar-refractivity contribution < 1.29 is 0 Å². The Morgan fingerprint density at radius 3 is 1.32 bits per heavy atom. The first-order chi connectivity index (χ1) is 13.7. The summed E-state index contributed by atoms with van der Waals surface area (Å²) in [6.45, 7) is 5.31. The molecule has 0 unspecified atom stereocenters. The minimum atomic E-state index is 0.204. The molecule has 0 aliphatic carbocycles. The third kappa shape index (κ3) is 23.3. The minimum absolute atomic E-state index is 0.204. The minimum Gasteiger partial charge on any atom is -0.370 e. The van der Waals surface area contributed by atoms with Gasteiger partial charge in [0.15, 0.2) is 5.96 Å².